The van der Waals surface area contributed by atoms with Gasteiger partial charge in [-0.1, -0.05) is 47.8 Å². The van der Waals surface area contributed by atoms with Crippen LogP contribution in [-0.2, 0) is 12.6 Å². The normalized spacial score (nSPS) is 16.6. The molecule has 3 aromatic rings. The minimum atomic E-state index is -0.478. The van der Waals surface area contributed by atoms with Crippen molar-refractivity contribution in [2.45, 2.75) is 31.2 Å². The van der Waals surface area contributed by atoms with Crippen molar-refractivity contribution in [3.05, 3.63) is 41.3 Å². The van der Waals surface area contributed by atoms with Crippen molar-refractivity contribution < 1.29 is 4.52 Å². The second-order valence-corrected chi connectivity index (χ2v) is 6.74. The molecule has 4 rings (SSSR count). The summed E-state index contributed by atoms with van der Waals surface area (Å²) in [5.74, 6) is 0.994. The molecule has 0 atom stereocenters. The predicted octanol–water partition coefficient (Wildman–Crippen LogP) is 3.52. The maximum atomic E-state index is 6.42. The van der Waals surface area contributed by atoms with Gasteiger partial charge in [0.1, 0.15) is 5.69 Å². The molecule has 1 fully saturated rings. The van der Waals surface area contributed by atoms with Gasteiger partial charge in [0.05, 0.1) is 16.1 Å². The lowest BCUT2D eigenvalue weighted by Gasteiger charge is -2.17. The van der Waals surface area contributed by atoms with E-state index in [2.05, 4.69) is 15.2 Å². The molecule has 0 aliphatic heterocycles. The Kier molecular flexibility index (Phi) is 3.66. The van der Waals surface area contributed by atoms with Crippen molar-refractivity contribution in [1.82, 2.24) is 19.9 Å². The molecule has 1 aliphatic rings. The van der Waals surface area contributed by atoms with E-state index in [4.69, 9.17) is 21.9 Å². The minimum absolute atomic E-state index is 0.421. The number of aromatic nitrogens is 4. The zero-order valence-electron chi connectivity index (χ0n) is 13.4. The van der Waals surface area contributed by atoms with Gasteiger partial charge in [0.25, 0.3) is 5.89 Å². The Balaban J connectivity index is 1.78. The van der Waals surface area contributed by atoms with Gasteiger partial charge in [-0.15, -0.1) is 0 Å². The van der Waals surface area contributed by atoms with Gasteiger partial charge in [0.2, 0.25) is 0 Å². The summed E-state index contributed by atoms with van der Waals surface area (Å²) < 4.78 is 7.22. The van der Waals surface area contributed by atoms with Crippen LogP contribution in [0.3, 0.4) is 0 Å². The molecule has 2 heterocycles. The number of nitrogens with two attached hydrogens (primary N) is 1. The van der Waals surface area contributed by atoms with Gasteiger partial charge in [-0.25, -0.2) is 0 Å². The van der Waals surface area contributed by atoms with Crippen molar-refractivity contribution in [2.24, 2.45) is 12.8 Å². The van der Waals surface area contributed by atoms with Crippen molar-refractivity contribution in [3.63, 3.8) is 0 Å². The Morgan fingerprint density at radius 3 is 2.71 bits per heavy atom. The second-order valence-electron chi connectivity index (χ2n) is 6.33. The molecule has 0 amide bonds. The number of aryl methyl sites for hydroxylation is 1. The number of halogens is 1. The molecule has 124 valence electrons. The summed E-state index contributed by atoms with van der Waals surface area (Å²) in [5.41, 5.74) is 8.25. The van der Waals surface area contributed by atoms with Crippen molar-refractivity contribution in [3.8, 4) is 22.7 Å². The van der Waals surface area contributed by atoms with E-state index in [9.17, 15) is 0 Å². The second kappa shape index (κ2) is 5.72. The van der Waals surface area contributed by atoms with Crippen LogP contribution in [0.2, 0.25) is 5.02 Å². The maximum Gasteiger partial charge on any atom is 0.261 e. The summed E-state index contributed by atoms with van der Waals surface area (Å²) >= 11 is 6.32. The lowest BCUT2D eigenvalue weighted by Crippen LogP contribution is -2.34. The third kappa shape index (κ3) is 2.52. The summed E-state index contributed by atoms with van der Waals surface area (Å²) in [6.45, 7) is 0. The summed E-state index contributed by atoms with van der Waals surface area (Å²) in [7, 11) is 1.85. The van der Waals surface area contributed by atoms with Crippen LogP contribution in [0, 0.1) is 0 Å². The first-order chi connectivity index (χ1) is 11.6. The van der Waals surface area contributed by atoms with E-state index in [0.29, 0.717) is 16.7 Å². The summed E-state index contributed by atoms with van der Waals surface area (Å²) in [6.07, 6.45) is 5.82. The number of benzene rings is 1. The molecule has 2 aromatic heterocycles. The van der Waals surface area contributed by atoms with Gasteiger partial charge in [-0.05, 0) is 18.9 Å². The average Bonchev–Trinajstić information content (AvgIpc) is 3.27. The van der Waals surface area contributed by atoms with E-state index in [-0.39, 0.29) is 0 Å². The third-order valence-electron chi connectivity index (χ3n) is 4.56. The molecule has 0 spiro atoms. The first kappa shape index (κ1) is 15.4. The van der Waals surface area contributed by atoms with Gasteiger partial charge in [0, 0.05) is 18.8 Å². The van der Waals surface area contributed by atoms with Crippen LogP contribution in [-0.4, -0.2) is 19.9 Å². The molecule has 1 aliphatic carbocycles. The van der Waals surface area contributed by atoms with Crippen molar-refractivity contribution >= 4 is 11.6 Å². The summed E-state index contributed by atoms with van der Waals surface area (Å²) in [5, 5.41) is 9.28. The van der Waals surface area contributed by atoms with Crippen LogP contribution in [0.4, 0.5) is 0 Å². The van der Waals surface area contributed by atoms with E-state index < -0.39 is 5.54 Å². The van der Waals surface area contributed by atoms with E-state index in [1.807, 2.05) is 37.5 Å². The molecule has 0 saturated heterocycles. The predicted molar refractivity (Wildman–Crippen MR) is 91.3 cm³/mol. The molecule has 0 radical (unpaired) electrons. The Morgan fingerprint density at radius 1 is 1.21 bits per heavy atom. The fraction of sp³-hybridized carbons (Fsp3) is 0.353. The molecule has 24 heavy (non-hydrogen) atoms. The minimum Gasteiger partial charge on any atom is -0.334 e. The molecule has 0 unspecified atom stereocenters. The summed E-state index contributed by atoms with van der Waals surface area (Å²) in [4.78, 5) is 4.56. The van der Waals surface area contributed by atoms with Gasteiger partial charge >= 0.3 is 0 Å². The van der Waals surface area contributed by atoms with Crippen LogP contribution >= 0.6 is 11.6 Å². The number of hydrogen-bond acceptors (Lipinski definition) is 5. The Morgan fingerprint density at radius 2 is 1.96 bits per heavy atom. The van der Waals surface area contributed by atoms with Gasteiger partial charge in [-0.3, -0.25) is 4.68 Å². The fourth-order valence-corrected chi connectivity index (χ4v) is 3.49. The van der Waals surface area contributed by atoms with Gasteiger partial charge < -0.3 is 10.3 Å². The zero-order valence-corrected chi connectivity index (χ0v) is 14.1. The Bertz CT molecular complexity index is 879. The highest BCUT2D eigenvalue weighted by Crippen LogP contribution is 2.37. The quantitative estimate of drug-likeness (QED) is 0.786. The molecule has 1 aromatic carbocycles. The van der Waals surface area contributed by atoms with Crippen LogP contribution in [0.15, 0.2) is 35.0 Å². The Hall–Kier alpha value is -2.18. The molecule has 1 saturated carbocycles. The van der Waals surface area contributed by atoms with Gasteiger partial charge in [0.15, 0.2) is 5.82 Å². The third-order valence-corrected chi connectivity index (χ3v) is 4.88. The van der Waals surface area contributed by atoms with Crippen molar-refractivity contribution in [2.75, 3.05) is 0 Å². The lowest BCUT2D eigenvalue weighted by atomic mass is 9.98. The SMILES string of the molecule is Cn1cc(-c2nc(C3(N)CCCC3)no2)c(-c2ccccc2Cl)n1. The van der Waals surface area contributed by atoms with E-state index in [0.717, 1.165) is 42.5 Å². The molecule has 6 nitrogen and oxygen atoms in total. The lowest BCUT2D eigenvalue weighted by molar-refractivity contribution is 0.372. The first-order valence-corrected chi connectivity index (χ1v) is 8.37. The highest BCUT2D eigenvalue weighted by Gasteiger charge is 2.36. The summed E-state index contributed by atoms with van der Waals surface area (Å²) in [6, 6.07) is 7.57. The first-order valence-electron chi connectivity index (χ1n) is 7.99. The smallest absolute Gasteiger partial charge is 0.261 e. The zero-order chi connectivity index (χ0) is 16.7. The number of rotatable bonds is 3. The molecule has 2 N–H and O–H groups in total. The topological polar surface area (TPSA) is 82.8 Å². The van der Waals surface area contributed by atoms with Gasteiger partial charge in [-0.2, -0.15) is 10.1 Å². The van der Waals surface area contributed by atoms with Crippen LogP contribution in [0.1, 0.15) is 31.5 Å². The highest BCUT2D eigenvalue weighted by atomic mass is 35.5. The van der Waals surface area contributed by atoms with Crippen LogP contribution in [0.5, 0.6) is 0 Å². The van der Waals surface area contributed by atoms with Crippen molar-refractivity contribution in [1.29, 1.82) is 0 Å². The Labute approximate surface area is 144 Å². The largest absolute Gasteiger partial charge is 0.334 e. The monoisotopic (exact) mass is 343 g/mol. The van der Waals surface area contributed by atoms with Crippen LogP contribution in [0.25, 0.3) is 22.7 Å². The van der Waals surface area contributed by atoms with Crippen LogP contribution < -0.4 is 5.73 Å². The van der Waals surface area contributed by atoms with E-state index >= 15 is 0 Å². The number of nitrogens with zero attached hydrogens (tertiary/aromatic N) is 4. The average molecular weight is 344 g/mol. The fourth-order valence-electron chi connectivity index (χ4n) is 3.26. The molecule has 0 bridgehead atoms. The maximum absolute atomic E-state index is 6.42. The molecular weight excluding hydrogens is 326 g/mol. The number of hydrogen-bond donors (Lipinski definition) is 1. The molecular formula is C17H18ClN5O. The molecule has 7 heteroatoms. The van der Waals surface area contributed by atoms with E-state index in [1.54, 1.807) is 4.68 Å². The standard InChI is InChI=1S/C17H18ClN5O/c1-23-10-12(14(21-23)11-6-2-3-7-13(11)18)15-20-16(22-24-15)17(19)8-4-5-9-17/h2-3,6-7,10H,4-5,8-9,19H2,1H3. The van der Waals surface area contributed by atoms with E-state index in [1.165, 1.54) is 0 Å². The highest BCUT2D eigenvalue weighted by molar-refractivity contribution is 6.33.